The fourth-order valence-electron chi connectivity index (χ4n) is 12.2. The lowest BCUT2D eigenvalue weighted by Gasteiger charge is -2.21. The van der Waals surface area contributed by atoms with E-state index in [2.05, 4.69) is 41.5 Å². The number of ether oxygens (including phenoxy) is 4. The second-order valence-electron chi connectivity index (χ2n) is 29.2. The van der Waals surface area contributed by atoms with E-state index in [1.807, 2.05) is 0 Å². The zero-order valence-electron chi connectivity index (χ0n) is 64.1. The average Bonchev–Trinajstić information content (AvgIpc) is 1.04. The van der Waals surface area contributed by atoms with Crippen LogP contribution in [0.3, 0.4) is 0 Å². The van der Waals surface area contributed by atoms with Gasteiger partial charge in [0.25, 0.3) is 0 Å². The molecule has 582 valence electrons. The summed E-state index contributed by atoms with van der Waals surface area (Å²) >= 11 is 0. The summed E-state index contributed by atoms with van der Waals surface area (Å²) in [5.74, 6) is -0.469. The van der Waals surface area contributed by atoms with Crippen LogP contribution in [-0.2, 0) is 65.4 Å². The first-order valence-electron chi connectivity index (χ1n) is 41.0. The molecule has 0 aromatic rings. The van der Waals surface area contributed by atoms with Crippen LogP contribution >= 0.6 is 15.6 Å². The molecule has 0 radical (unpaired) electrons. The number of phosphoric acid groups is 2. The quantitative estimate of drug-likeness (QED) is 0.0222. The molecule has 0 aliphatic carbocycles. The van der Waals surface area contributed by atoms with Crippen LogP contribution in [0.5, 0.6) is 0 Å². The number of rotatable bonds is 78. The van der Waals surface area contributed by atoms with Crippen LogP contribution in [-0.4, -0.2) is 96.7 Å². The van der Waals surface area contributed by atoms with Gasteiger partial charge in [0, 0.05) is 25.7 Å². The molecule has 0 bridgehead atoms. The number of phosphoric ester groups is 2. The Morgan fingerprint density at radius 2 is 0.520 bits per heavy atom. The molecule has 0 aliphatic rings. The lowest BCUT2D eigenvalue weighted by Crippen LogP contribution is -2.30. The molecule has 0 aromatic heterocycles. The summed E-state index contributed by atoms with van der Waals surface area (Å²) in [6.45, 7) is 9.62. The summed E-state index contributed by atoms with van der Waals surface area (Å²) in [6.07, 6.45) is 60.0. The van der Waals surface area contributed by atoms with E-state index in [9.17, 15) is 43.2 Å². The number of aliphatic hydroxyl groups excluding tert-OH is 1. The molecular weight excluding hydrogens is 1280 g/mol. The zero-order chi connectivity index (χ0) is 72.1. The molecule has 17 nitrogen and oxygen atoms in total. The second-order valence-corrected chi connectivity index (χ2v) is 32.1. The molecule has 19 heteroatoms. The Balaban J connectivity index is 5.13. The molecule has 0 saturated heterocycles. The van der Waals surface area contributed by atoms with Crippen molar-refractivity contribution in [3.05, 3.63) is 0 Å². The molecule has 0 fully saturated rings. The third-order valence-corrected chi connectivity index (χ3v) is 20.7. The maximum Gasteiger partial charge on any atom is 0.472 e. The molecule has 0 spiro atoms. The van der Waals surface area contributed by atoms with Crippen LogP contribution in [0.4, 0.5) is 0 Å². The minimum Gasteiger partial charge on any atom is -0.462 e. The van der Waals surface area contributed by atoms with Gasteiger partial charge in [-0.2, -0.15) is 0 Å². The van der Waals surface area contributed by atoms with Gasteiger partial charge >= 0.3 is 39.5 Å². The fourth-order valence-corrected chi connectivity index (χ4v) is 13.7. The van der Waals surface area contributed by atoms with Crippen molar-refractivity contribution in [3.8, 4) is 0 Å². The van der Waals surface area contributed by atoms with Gasteiger partial charge in [-0.25, -0.2) is 9.13 Å². The topological polar surface area (TPSA) is 237 Å². The van der Waals surface area contributed by atoms with E-state index in [1.165, 1.54) is 225 Å². The predicted octanol–water partition coefficient (Wildman–Crippen LogP) is 23.5. The van der Waals surface area contributed by atoms with Gasteiger partial charge in [0.1, 0.15) is 19.3 Å². The van der Waals surface area contributed by atoms with E-state index < -0.39 is 97.5 Å². The van der Waals surface area contributed by atoms with Gasteiger partial charge < -0.3 is 33.8 Å². The van der Waals surface area contributed by atoms with E-state index in [-0.39, 0.29) is 25.7 Å². The Kier molecular flexibility index (Phi) is 69.3. The molecule has 6 atom stereocenters. The highest BCUT2D eigenvalue weighted by molar-refractivity contribution is 7.47. The molecule has 0 aliphatic heterocycles. The Hall–Kier alpha value is -1.94. The van der Waals surface area contributed by atoms with Crippen molar-refractivity contribution >= 4 is 39.5 Å². The predicted molar refractivity (Wildman–Crippen MR) is 400 cm³/mol. The summed E-state index contributed by atoms with van der Waals surface area (Å²) in [5.41, 5.74) is 0. The minimum absolute atomic E-state index is 0.108. The average molecular weight is 1440 g/mol. The maximum absolute atomic E-state index is 13.1. The van der Waals surface area contributed by atoms with Gasteiger partial charge in [0.05, 0.1) is 26.4 Å². The number of carbonyl (C=O) groups excluding carboxylic acids is 4. The molecule has 0 amide bonds. The van der Waals surface area contributed by atoms with Crippen LogP contribution in [0.15, 0.2) is 0 Å². The highest BCUT2D eigenvalue weighted by Gasteiger charge is 2.30. The molecule has 3 unspecified atom stereocenters. The Morgan fingerprint density at radius 3 is 0.776 bits per heavy atom. The van der Waals surface area contributed by atoms with Crippen molar-refractivity contribution in [2.24, 2.45) is 11.8 Å². The van der Waals surface area contributed by atoms with Crippen molar-refractivity contribution < 1.29 is 80.2 Å². The molecule has 0 heterocycles. The maximum atomic E-state index is 13.1. The molecule has 0 rings (SSSR count). The van der Waals surface area contributed by atoms with Gasteiger partial charge in [-0.3, -0.25) is 37.3 Å². The van der Waals surface area contributed by atoms with E-state index >= 15 is 0 Å². The van der Waals surface area contributed by atoms with Crippen LogP contribution < -0.4 is 0 Å². The first-order chi connectivity index (χ1) is 47.4. The largest absolute Gasteiger partial charge is 0.472 e. The summed E-state index contributed by atoms with van der Waals surface area (Å²) in [5, 5.41) is 10.6. The number of aliphatic hydroxyl groups is 1. The Bertz CT molecular complexity index is 1890. The molecule has 3 N–H and O–H groups in total. The first kappa shape index (κ1) is 96.1. The Morgan fingerprint density at radius 1 is 0.296 bits per heavy atom. The normalized spacial score (nSPS) is 14.2. The highest BCUT2D eigenvalue weighted by Crippen LogP contribution is 2.45. The monoisotopic (exact) mass is 1440 g/mol. The van der Waals surface area contributed by atoms with Gasteiger partial charge in [0.15, 0.2) is 12.2 Å². The van der Waals surface area contributed by atoms with Crippen molar-refractivity contribution in [3.63, 3.8) is 0 Å². The summed E-state index contributed by atoms with van der Waals surface area (Å²) in [4.78, 5) is 72.7. The van der Waals surface area contributed by atoms with Crippen molar-refractivity contribution in [1.29, 1.82) is 0 Å². The van der Waals surface area contributed by atoms with Crippen molar-refractivity contribution in [1.82, 2.24) is 0 Å². The number of carbonyl (C=O) groups is 4. The molecular formula is C79H154O17P2. The van der Waals surface area contributed by atoms with Gasteiger partial charge in [-0.1, -0.05) is 363 Å². The zero-order valence-corrected chi connectivity index (χ0v) is 65.9. The third-order valence-electron chi connectivity index (χ3n) is 18.8. The molecule has 98 heavy (non-hydrogen) atoms. The van der Waals surface area contributed by atoms with Gasteiger partial charge in [-0.15, -0.1) is 0 Å². The highest BCUT2D eigenvalue weighted by atomic mass is 31.2. The van der Waals surface area contributed by atoms with Crippen LogP contribution in [0.25, 0.3) is 0 Å². The summed E-state index contributed by atoms with van der Waals surface area (Å²) in [7, 11) is -9.91. The van der Waals surface area contributed by atoms with Gasteiger partial charge in [0.2, 0.25) is 0 Å². The molecule has 0 aromatic carbocycles. The van der Waals surface area contributed by atoms with Crippen LogP contribution in [0.2, 0.25) is 0 Å². The number of hydrogen-bond acceptors (Lipinski definition) is 15. The smallest absolute Gasteiger partial charge is 0.462 e. The van der Waals surface area contributed by atoms with E-state index in [4.69, 9.17) is 37.0 Å². The molecule has 0 saturated carbocycles. The second kappa shape index (κ2) is 70.7. The lowest BCUT2D eigenvalue weighted by molar-refractivity contribution is -0.161. The van der Waals surface area contributed by atoms with Crippen LogP contribution in [0, 0.1) is 11.8 Å². The number of unbranched alkanes of at least 4 members (excludes halogenated alkanes) is 47. The fraction of sp³-hybridized carbons (Fsp3) is 0.949. The third kappa shape index (κ3) is 71.1. The first-order valence-corrected chi connectivity index (χ1v) is 44.0. The van der Waals surface area contributed by atoms with E-state index in [0.29, 0.717) is 25.7 Å². The number of esters is 4. The number of hydrogen-bond donors (Lipinski definition) is 3. The van der Waals surface area contributed by atoms with Gasteiger partial charge in [-0.05, 0) is 37.5 Å². The Labute approximate surface area is 600 Å². The minimum atomic E-state index is -4.96. The van der Waals surface area contributed by atoms with Crippen LogP contribution in [0.1, 0.15) is 414 Å². The van der Waals surface area contributed by atoms with E-state index in [0.717, 1.165) is 108 Å². The standard InChI is InChI=1S/C79H154O17P2/c1-7-10-12-14-15-16-17-18-19-20-23-30-35-40-45-51-57-63-78(83)95-74(67-89-76(81)61-55-47-13-11-8-2)69-93-97(85,86)91-65-73(80)66-92-98(87,88)94-70-75(96-79(84)64-58-52-46-41-36-31-24-21-22-27-32-37-42-48-53-59-71(4)5)68-90-77(82)62-56-50-44-39-34-29-26-25-28-33-38-43-49-54-60-72(6)9-3/h71-75,80H,7-70H2,1-6H3,(H,85,86)(H,87,88)/t72?,73-,74+,75+/m0/s1. The lowest BCUT2D eigenvalue weighted by atomic mass is 9.99. The SMILES string of the molecule is CCCCCCCCCCCCCCCCCCCC(=O)O[C@H](COC(=O)CCCCCCC)COP(=O)(O)OC[C@H](O)COP(=O)(O)OC[C@@H](COC(=O)CCCCCCCCCCCCCCCCC(C)CC)OC(=O)CCCCCCCCCCCCCCCCCC(C)C. The van der Waals surface area contributed by atoms with Crippen molar-refractivity contribution in [2.45, 2.75) is 432 Å². The summed E-state index contributed by atoms with van der Waals surface area (Å²) in [6, 6.07) is 0. The summed E-state index contributed by atoms with van der Waals surface area (Å²) < 4.78 is 68.4. The van der Waals surface area contributed by atoms with E-state index in [1.54, 1.807) is 0 Å². The van der Waals surface area contributed by atoms with Crippen molar-refractivity contribution in [2.75, 3.05) is 39.6 Å².